The van der Waals surface area contributed by atoms with Crippen molar-refractivity contribution < 1.29 is 14.3 Å². The zero-order chi connectivity index (χ0) is 23.5. The molecule has 32 heavy (non-hydrogen) atoms. The molecule has 1 aliphatic heterocycles. The summed E-state index contributed by atoms with van der Waals surface area (Å²) in [6.45, 7) is 12.8. The third-order valence-corrected chi connectivity index (χ3v) is 6.66. The zero-order valence-electron chi connectivity index (χ0n) is 20.6. The Labute approximate surface area is 193 Å². The molecule has 2 fully saturated rings. The van der Waals surface area contributed by atoms with Crippen LogP contribution in [0.5, 0.6) is 0 Å². The standard InChI is InChI=1S/C26H41N3O3/c1-18(2)14-23(28(6)25(31)32-26(3,4)5)24(30)27-22-13-12-20-16-29(17-21(20)22)15-19-10-8-7-9-11-19/h7-11,18,20-23H,12-17H2,1-6H3,(H,27,30)/t20-,21+,22-,23+/m1/s1. The second kappa shape index (κ2) is 10.2. The molecule has 1 N–H and O–H groups in total. The van der Waals surface area contributed by atoms with E-state index in [-0.39, 0.29) is 11.9 Å². The minimum absolute atomic E-state index is 0.0563. The summed E-state index contributed by atoms with van der Waals surface area (Å²) in [6, 6.07) is 10.2. The SMILES string of the molecule is CC(C)C[C@@H](C(=O)N[C@@H]1CC[C@@H]2CN(Cc3ccccc3)C[C@@H]21)N(C)C(=O)OC(C)(C)C. The highest BCUT2D eigenvalue weighted by molar-refractivity contribution is 5.86. The fourth-order valence-corrected chi connectivity index (χ4v) is 5.14. The molecule has 3 rings (SSSR count). The molecule has 1 heterocycles. The van der Waals surface area contributed by atoms with Crippen molar-refractivity contribution in [2.24, 2.45) is 17.8 Å². The fraction of sp³-hybridized carbons (Fsp3) is 0.692. The van der Waals surface area contributed by atoms with Gasteiger partial charge in [0.25, 0.3) is 0 Å². The van der Waals surface area contributed by atoms with E-state index in [0.29, 0.717) is 24.2 Å². The van der Waals surface area contributed by atoms with E-state index < -0.39 is 17.7 Å². The maximum Gasteiger partial charge on any atom is 0.410 e. The van der Waals surface area contributed by atoms with Gasteiger partial charge >= 0.3 is 6.09 Å². The van der Waals surface area contributed by atoms with Crippen LogP contribution in [0.3, 0.4) is 0 Å². The van der Waals surface area contributed by atoms with E-state index in [0.717, 1.165) is 32.5 Å². The molecule has 1 aromatic carbocycles. The Morgan fingerprint density at radius 3 is 2.47 bits per heavy atom. The number of likely N-dealkylation sites (tertiary alicyclic amines) is 1. The highest BCUT2D eigenvalue weighted by Crippen LogP contribution is 2.38. The molecule has 6 nitrogen and oxygen atoms in total. The third kappa shape index (κ3) is 6.47. The number of carbonyl (C=O) groups excluding carboxylic acids is 2. The highest BCUT2D eigenvalue weighted by Gasteiger charge is 2.44. The first-order valence-electron chi connectivity index (χ1n) is 12.1. The number of rotatable bonds is 7. The van der Waals surface area contributed by atoms with E-state index in [1.807, 2.05) is 20.8 Å². The first-order chi connectivity index (χ1) is 15.0. The maximum atomic E-state index is 13.3. The number of hydrogen-bond donors (Lipinski definition) is 1. The molecule has 178 valence electrons. The van der Waals surface area contributed by atoms with Gasteiger partial charge in [-0.2, -0.15) is 0 Å². The molecule has 2 aliphatic rings. The van der Waals surface area contributed by atoms with Crippen LogP contribution < -0.4 is 5.32 Å². The van der Waals surface area contributed by atoms with Crippen molar-refractivity contribution in [2.45, 2.75) is 78.1 Å². The summed E-state index contributed by atoms with van der Waals surface area (Å²) in [5.41, 5.74) is 0.749. The van der Waals surface area contributed by atoms with E-state index in [1.165, 1.54) is 10.5 Å². The largest absolute Gasteiger partial charge is 0.444 e. The Bertz CT molecular complexity index is 774. The second-order valence-electron chi connectivity index (χ2n) is 11.0. The average Bonchev–Trinajstić information content (AvgIpc) is 3.26. The molecular weight excluding hydrogens is 402 g/mol. The predicted octanol–water partition coefficient (Wildman–Crippen LogP) is 4.29. The summed E-state index contributed by atoms with van der Waals surface area (Å²) in [7, 11) is 1.68. The Hall–Kier alpha value is -2.08. The van der Waals surface area contributed by atoms with Crippen LogP contribution in [-0.2, 0) is 16.1 Å². The summed E-state index contributed by atoms with van der Waals surface area (Å²) >= 11 is 0. The van der Waals surface area contributed by atoms with Crippen LogP contribution in [0.25, 0.3) is 0 Å². The second-order valence-corrected chi connectivity index (χ2v) is 11.0. The van der Waals surface area contributed by atoms with Gasteiger partial charge in [-0.3, -0.25) is 14.6 Å². The number of nitrogens with zero attached hydrogens (tertiary/aromatic N) is 2. The van der Waals surface area contributed by atoms with Crippen LogP contribution in [0.15, 0.2) is 30.3 Å². The molecule has 0 spiro atoms. The fourth-order valence-electron chi connectivity index (χ4n) is 5.14. The lowest BCUT2D eigenvalue weighted by Crippen LogP contribution is -2.52. The van der Waals surface area contributed by atoms with E-state index >= 15 is 0 Å². The van der Waals surface area contributed by atoms with Crippen molar-refractivity contribution in [1.29, 1.82) is 0 Å². The number of fused-ring (bicyclic) bond motifs is 1. The van der Waals surface area contributed by atoms with Crippen molar-refractivity contribution in [3.8, 4) is 0 Å². The molecule has 0 aromatic heterocycles. The molecule has 1 aliphatic carbocycles. The Kier molecular flexibility index (Phi) is 7.86. The summed E-state index contributed by atoms with van der Waals surface area (Å²) in [6.07, 6.45) is 2.34. The number of benzene rings is 1. The lowest BCUT2D eigenvalue weighted by atomic mass is 9.96. The smallest absolute Gasteiger partial charge is 0.410 e. The molecule has 0 radical (unpaired) electrons. The molecule has 4 atom stereocenters. The van der Waals surface area contributed by atoms with E-state index in [1.54, 1.807) is 7.05 Å². The average molecular weight is 444 g/mol. The van der Waals surface area contributed by atoms with Gasteiger partial charge in [-0.1, -0.05) is 44.2 Å². The van der Waals surface area contributed by atoms with Gasteiger partial charge in [0.2, 0.25) is 5.91 Å². The van der Waals surface area contributed by atoms with Gasteiger partial charge in [-0.05, 0) is 63.4 Å². The van der Waals surface area contributed by atoms with Crippen LogP contribution in [0.1, 0.15) is 59.4 Å². The van der Waals surface area contributed by atoms with E-state index in [2.05, 4.69) is 54.4 Å². The first-order valence-corrected chi connectivity index (χ1v) is 12.1. The Morgan fingerprint density at radius 2 is 1.84 bits per heavy atom. The van der Waals surface area contributed by atoms with Crippen LogP contribution in [0.4, 0.5) is 4.79 Å². The zero-order valence-corrected chi connectivity index (χ0v) is 20.6. The number of carbonyl (C=O) groups is 2. The Balaban J connectivity index is 1.61. The van der Waals surface area contributed by atoms with Crippen molar-refractivity contribution >= 4 is 12.0 Å². The molecule has 0 unspecified atom stereocenters. The van der Waals surface area contributed by atoms with Crippen LogP contribution in [0, 0.1) is 17.8 Å². The molecule has 6 heteroatoms. The van der Waals surface area contributed by atoms with Crippen molar-refractivity contribution in [3.05, 3.63) is 35.9 Å². The van der Waals surface area contributed by atoms with Gasteiger partial charge in [-0.25, -0.2) is 4.79 Å². The van der Waals surface area contributed by atoms with E-state index in [4.69, 9.17) is 4.74 Å². The van der Waals surface area contributed by atoms with Crippen LogP contribution in [-0.4, -0.2) is 59.6 Å². The number of ether oxygens (including phenoxy) is 1. The molecule has 1 saturated carbocycles. The van der Waals surface area contributed by atoms with Crippen molar-refractivity contribution in [2.75, 3.05) is 20.1 Å². The molecule has 1 aromatic rings. The van der Waals surface area contributed by atoms with Gasteiger partial charge in [-0.15, -0.1) is 0 Å². The minimum atomic E-state index is -0.588. The number of amides is 2. The lowest BCUT2D eigenvalue weighted by molar-refractivity contribution is -0.127. The number of hydrogen-bond acceptors (Lipinski definition) is 4. The summed E-state index contributed by atoms with van der Waals surface area (Å²) in [4.78, 5) is 30.0. The molecule has 1 saturated heterocycles. The van der Waals surface area contributed by atoms with Crippen LogP contribution >= 0.6 is 0 Å². The Morgan fingerprint density at radius 1 is 1.16 bits per heavy atom. The number of nitrogens with one attached hydrogen (secondary N) is 1. The summed E-state index contributed by atoms with van der Waals surface area (Å²) in [5, 5.41) is 3.32. The highest BCUT2D eigenvalue weighted by atomic mass is 16.6. The monoisotopic (exact) mass is 443 g/mol. The summed E-state index contributed by atoms with van der Waals surface area (Å²) in [5.74, 6) is 1.35. The molecule has 0 bridgehead atoms. The maximum absolute atomic E-state index is 13.3. The molecular formula is C26H41N3O3. The minimum Gasteiger partial charge on any atom is -0.444 e. The van der Waals surface area contributed by atoms with Crippen molar-refractivity contribution in [1.82, 2.24) is 15.1 Å². The quantitative estimate of drug-likeness (QED) is 0.683. The van der Waals surface area contributed by atoms with Crippen LogP contribution in [0.2, 0.25) is 0 Å². The van der Waals surface area contributed by atoms with Gasteiger partial charge in [0.1, 0.15) is 11.6 Å². The number of likely N-dealkylation sites (N-methyl/N-ethyl adjacent to an activating group) is 1. The topological polar surface area (TPSA) is 61.9 Å². The molecule has 2 amide bonds. The van der Waals surface area contributed by atoms with Gasteiger partial charge in [0, 0.05) is 32.7 Å². The summed E-state index contributed by atoms with van der Waals surface area (Å²) < 4.78 is 5.52. The van der Waals surface area contributed by atoms with Crippen molar-refractivity contribution in [3.63, 3.8) is 0 Å². The van der Waals surface area contributed by atoms with Gasteiger partial charge in [0.15, 0.2) is 0 Å². The third-order valence-electron chi connectivity index (χ3n) is 6.66. The first kappa shape index (κ1) is 24.6. The van der Waals surface area contributed by atoms with Gasteiger partial charge in [0.05, 0.1) is 0 Å². The normalized spacial score (nSPS) is 24.3. The van der Waals surface area contributed by atoms with E-state index in [9.17, 15) is 9.59 Å². The van der Waals surface area contributed by atoms with Gasteiger partial charge < -0.3 is 10.1 Å². The predicted molar refractivity (Wildman–Crippen MR) is 127 cm³/mol. The lowest BCUT2D eigenvalue weighted by Gasteiger charge is -2.32.